The number of aromatic nitrogens is 2. The van der Waals surface area contributed by atoms with Gasteiger partial charge in [0.1, 0.15) is 0 Å². The number of fused-ring (bicyclic) bond motifs is 4. The molecule has 2 heterocycles. The third kappa shape index (κ3) is 2.89. The Balaban J connectivity index is 2.18. The highest BCUT2D eigenvalue weighted by molar-refractivity contribution is 5.96. The van der Waals surface area contributed by atoms with Crippen LogP contribution in [0.5, 0.6) is 0 Å². The maximum atomic E-state index is 13.3. The van der Waals surface area contributed by atoms with E-state index >= 15 is 0 Å². The molecule has 0 radical (unpaired) electrons. The van der Waals surface area contributed by atoms with Gasteiger partial charge in [-0.3, -0.25) is 24.1 Å². The highest BCUT2D eigenvalue weighted by Crippen LogP contribution is 2.26. The van der Waals surface area contributed by atoms with Crippen LogP contribution in [0.15, 0.2) is 47.3 Å². The number of nitrogens with zero attached hydrogens (tertiary/aromatic N) is 4. The van der Waals surface area contributed by atoms with Crippen molar-refractivity contribution in [2.45, 2.75) is 13.8 Å². The number of carbonyl (C=O) groups is 1. The zero-order valence-corrected chi connectivity index (χ0v) is 16.0. The van der Waals surface area contributed by atoms with E-state index in [1.807, 2.05) is 32.0 Å². The molecule has 2 aromatic heterocycles. The summed E-state index contributed by atoms with van der Waals surface area (Å²) in [5, 5.41) is 12.0. The van der Waals surface area contributed by atoms with E-state index in [9.17, 15) is 19.7 Å². The second-order valence-electron chi connectivity index (χ2n) is 6.67. The van der Waals surface area contributed by atoms with Crippen LogP contribution in [0.1, 0.15) is 24.2 Å². The van der Waals surface area contributed by atoms with E-state index in [2.05, 4.69) is 9.88 Å². The first-order chi connectivity index (χ1) is 14.0. The van der Waals surface area contributed by atoms with Gasteiger partial charge in [-0.25, -0.2) is 4.98 Å². The molecular formula is C21H18N4O4. The highest BCUT2D eigenvalue weighted by Gasteiger charge is 2.16. The number of pyridine rings is 1. The maximum absolute atomic E-state index is 13.3. The van der Waals surface area contributed by atoms with Crippen molar-refractivity contribution in [3.63, 3.8) is 0 Å². The molecule has 0 fully saturated rings. The fourth-order valence-electron chi connectivity index (χ4n) is 3.66. The first kappa shape index (κ1) is 18.5. The monoisotopic (exact) mass is 390 g/mol. The predicted molar refractivity (Wildman–Crippen MR) is 112 cm³/mol. The predicted octanol–water partition coefficient (Wildman–Crippen LogP) is 3.57. The summed E-state index contributed by atoms with van der Waals surface area (Å²) in [7, 11) is 0. The number of nitro benzene ring substituents is 1. The molecule has 0 spiro atoms. The minimum atomic E-state index is -0.549. The van der Waals surface area contributed by atoms with Crippen LogP contribution in [0.3, 0.4) is 0 Å². The number of nitro groups is 1. The minimum absolute atomic E-state index is 0.134. The number of hydrogen-bond acceptors (Lipinski definition) is 6. The number of anilines is 1. The molecule has 0 bridgehead atoms. The summed E-state index contributed by atoms with van der Waals surface area (Å²) in [4.78, 5) is 42.2. The number of non-ortho nitro benzene ring substituents is 1. The minimum Gasteiger partial charge on any atom is -0.372 e. The summed E-state index contributed by atoms with van der Waals surface area (Å²) in [6.45, 7) is 5.69. The molecule has 0 aliphatic rings. The van der Waals surface area contributed by atoms with Gasteiger partial charge in [-0.1, -0.05) is 6.07 Å². The fraction of sp³-hybridized carbons (Fsp3) is 0.190. The Morgan fingerprint density at radius 1 is 1.14 bits per heavy atom. The molecule has 0 atom stereocenters. The molecule has 0 aliphatic heterocycles. The summed E-state index contributed by atoms with van der Waals surface area (Å²) in [5.41, 5.74) is 1.73. The number of aldehydes is 1. The standard InChI is InChI=1S/C21H18N4O4/c1-3-23(4-2)15-6-5-13-9-14(12-26)20-22-18-8-7-16(25(28)29)10-17(18)21(27)24(20)19(13)11-15/h5-12H,3-4H2,1-2H3. The lowest BCUT2D eigenvalue weighted by Crippen LogP contribution is -2.22. The molecule has 2 aromatic carbocycles. The Morgan fingerprint density at radius 2 is 1.90 bits per heavy atom. The van der Waals surface area contributed by atoms with E-state index in [1.54, 1.807) is 6.07 Å². The van der Waals surface area contributed by atoms with Gasteiger partial charge in [-0.15, -0.1) is 0 Å². The molecule has 0 saturated carbocycles. The molecule has 146 valence electrons. The van der Waals surface area contributed by atoms with Gasteiger partial charge in [0.15, 0.2) is 11.9 Å². The topological polar surface area (TPSA) is 97.8 Å². The molecule has 4 rings (SSSR count). The van der Waals surface area contributed by atoms with Gasteiger partial charge >= 0.3 is 0 Å². The van der Waals surface area contributed by atoms with E-state index in [-0.39, 0.29) is 22.3 Å². The molecule has 0 unspecified atom stereocenters. The average molecular weight is 390 g/mol. The van der Waals surface area contributed by atoms with Crippen LogP contribution in [-0.4, -0.2) is 33.7 Å². The normalized spacial score (nSPS) is 11.2. The number of benzene rings is 2. The second kappa shape index (κ2) is 6.97. The Morgan fingerprint density at radius 3 is 2.55 bits per heavy atom. The van der Waals surface area contributed by atoms with Gasteiger partial charge in [0.05, 0.1) is 26.9 Å². The molecule has 8 heteroatoms. The Hall–Kier alpha value is -3.81. The Kier molecular flexibility index (Phi) is 4.46. The van der Waals surface area contributed by atoms with Crippen LogP contribution in [0.2, 0.25) is 0 Å². The summed E-state index contributed by atoms with van der Waals surface area (Å²) in [6.07, 6.45) is 0.663. The van der Waals surface area contributed by atoms with Crippen LogP contribution < -0.4 is 10.5 Å². The zero-order chi connectivity index (χ0) is 20.7. The quantitative estimate of drug-likeness (QED) is 0.170. The van der Waals surface area contributed by atoms with Crippen molar-refractivity contribution in [1.82, 2.24) is 9.38 Å². The molecule has 0 saturated heterocycles. The molecular weight excluding hydrogens is 372 g/mol. The number of hydrogen-bond donors (Lipinski definition) is 0. The molecule has 0 aliphatic carbocycles. The van der Waals surface area contributed by atoms with Crippen LogP contribution in [0.25, 0.3) is 27.5 Å². The first-order valence-corrected chi connectivity index (χ1v) is 9.26. The van der Waals surface area contributed by atoms with Gasteiger partial charge in [-0.2, -0.15) is 0 Å². The van der Waals surface area contributed by atoms with Crippen LogP contribution in [-0.2, 0) is 0 Å². The van der Waals surface area contributed by atoms with Gasteiger partial charge in [0.25, 0.3) is 11.2 Å². The van der Waals surface area contributed by atoms with Gasteiger partial charge in [0, 0.05) is 30.9 Å². The SMILES string of the molecule is CCN(CC)c1ccc2cc(C=O)c3nc4ccc([N+](=O)[O-])cc4c(=O)n3c2c1. The van der Waals surface area contributed by atoms with Crippen LogP contribution >= 0.6 is 0 Å². The van der Waals surface area contributed by atoms with E-state index < -0.39 is 10.5 Å². The van der Waals surface area contributed by atoms with Crippen LogP contribution in [0.4, 0.5) is 11.4 Å². The van der Waals surface area contributed by atoms with Gasteiger partial charge in [-0.05, 0) is 43.5 Å². The summed E-state index contributed by atoms with van der Waals surface area (Å²) in [6, 6.07) is 11.3. The lowest BCUT2D eigenvalue weighted by atomic mass is 10.1. The largest absolute Gasteiger partial charge is 0.372 e. The molecule has 8 nitrogen and oxygen atoms in total. The first-order valence-electron chi connectivity index (χ1n) is 9.26. The third-order valence-corrected chi connectivity index (χ3v) is 5.14. The van der Waals surface area contributed by atoms with Crippen molar-refractivity contribution in [2.24, 2.45) is 0 Å². The lowest BCUT2D eigenvalue weighted by molar-refractivity contribution is -0.384. The smallest absolute Gasteiger partial charge is 0.270 e. The molecule has 29 heavy (non-hydrogen) atoms. The van der Waals surface area contributed by atoms with E-state index in [0.717, 1.165) is 18.8 Å². The van der Waals surface area contributed by atoms with Crippen molar-refractivity contribution >= 4 is 45.1 Å². The van der Waals surface area contributed by atoms with E-state index in [4.69, 9.17) is 0 Å². The Bertz CT molecular complexity index is 1360. The van der Waals surface area contributed by atoms with Crippen molar-refractivity contribution in [1.29, 1.82) is 0 Å². The summed E-state index contributed by atoms with van der Waals surface area (Å²) < 4.78 is 1.37. The van der Waals surface area contributed by atoms with Crippen LogP contribution in [0, 0.1) is 10.1 Å². The maximum Gasteiger partial charge on any atom is 0.270 e. The van der Waals surface area contributed by atoms with Crippen molar-refractivity contribution in [3.8, 4) is 0 Å². The molecule has 0 amide bonds. The van der Waals surface area contributed by atoms with E-state index in [1.165, 1.54) is 22.6 Å². The zero-order valence-electron chi connectivity index (χ0n) is 16.0. The molecule has 4 aromatic rings. The molecule has 0 N–H and O–H groups in total. The second-order valence-corrected chi connectivity index (χ2v) is 6.67. The summed E-state index contributed by atoms with van der Waals surface area (Å²) >= 11 is 0. The Labute approximate surface area is 165 Å². The third-order valence-electron chi connectivity index (χ3n) is 5.14. The van der Waals surface area contributed by atoms with Crippen molar-refractivity contribution in [3.05, 3.63) is 68.5 Å². The number of carbonyl (C=O) groups excluding carboxylic acids is 1. The fourth-order valence-corrected chi connectivity index (χ4v) is 3.66. The lowest BCUT2D eigenvalue weighted by Gasteiger charge is -2.21. The van der Waals surface area contributed by atoms with E-state index in [0.29, 0.717) is 22.7 Å². The highest BCUT2D eigenvalue weighted by atomic mass is 16.6. The summed E-state index contributed by atoms with van der Waals surface area (Å²) in [5.74, 6) is 0. The van der Waals surface area contributed by atoms with Gasteiger partial charge < -0.3 is 4.90 Å². The van der Waals surface area contributed by atoms with Crippen molar-refractivity contribution in [2.75, 3.05) is 18.0 Å². The van der Waals surface area contributed by atoms with Crippen molar-refractivity contribution < 1.29 is 9.72 Å². The number of rotatable bonds is 5. The average Bonchev–Trinajstić information content (AvgIpc) is 2.73. The van der Waals surface area contributed by atoms with Gasteiger partial charge in [0.2, 0.25) is 0 Å².